The molecule has 0 aliphatic heterocycles. The Morgan fingerprint density at radius 3 is 2.53 bits per heavy atom. The van der Waals surface area contributed by atoms with Crippen molar-refractivity contribution >= 4 is 11.9 Å². The van der Waals surface area contributed by atoms with E-state index in [0.29, 0.717) is 0 Å². The Balaban J connectivity index is 3.40. The fourth-order valence-corrected chi connectivity index (χ4v) is 1.35. The highest BCUT2D eigenvalue weighted by Crippen LogP contribution is 2.26. The highest BCUT2D eigenvalue weighted by molar-refractivity contribution is 6.04. The minimum absolute atomic E-state index is 0.0948. The normalized spacial score (nSPS) is 9.82. The average molecular weight is 242 g/mol. The van der Waals surface area contributed by atoms with E-state index < -0.39 is 29.1 Å². The van der Waals surface area contributed by atoms with E-state index >= 15 is 0 Å². The maximum atomic E-state index is 13.3. The molecule has 5 nitrogen and oxygen atoms in total. The summed E-state index contributed by atoms with van der Waals surface area (Å²) in [4.78, 5) is 22.5. The summed E-state index contributed by atoms with van der Waals surface area (Å²) in [5.41, 5.74) is -0.774. The van der Waals surface area contributed by atoms with Crippen LogP contribution in [0.1, 0.15) is 27.6 Å². The summed E-state index contributed by atoms with van der Waals surface area (Å²) < 4.78 is 22.6. The Morgan fingerprint density at radius 1 is 1.41 bits per heavy atom. The maximum Gasteiger partial charge on any atom is 0.340 e. The molecule has 0 atom stereocenters. The summed E-state index contributed by atoms with van der Waals surface area (Å²) in [5.74, 6) is -3.62. The third kappa shape index (κ3) is 2.52. The van der Waals surface area contributed by atoms with Crippen molar-refractivity contribution in [1.29, 1.82) is 0 Å². The molecule has 0 bridgehead atoms. The van der Waals surface area contributed by atoms with Crippen LogP contribution < -0.4 is 4.74 Å². The lowest BCUT2D eigenvalue weighted by Crippen LogP contribution is -2.14. The molecule has 0 saturated carbocycles. The van der Waals surface area contributed by atoms with E-state index in [9.17, 15) is 14.0 Å². The van der Waals surface area contributed by atoms with Gasteiger partial charge >= 0.3 is 11.9 Å². The Labute approximate surface area is 96.8 Å². The highest BCUT2D eigenvalue weighted by Gasteiger charge is 2.25. The zero-order valence-electron chi connectivity index (χ0n) is 9.32. The first-order valence-corrected chi connectivity index (χ1v) is 4.79. The van der Waals surface area contributed by atoms with Crippen molar-refractivity contribution in [3.63, 3.8) is 0 Å². The van der Waals surface area contributed by atoms with E-state index in [4.69, 9.17) is 5.11 Å². The van der Waals surface area contributed by atoms with E-state index in [1.807, 2.05) is 0 Å². The van der Waals surface area contributed by atoms with Crippen LogP contribution in [-0.2, 0) is 4.74 Å². The van der Waals surface area contributed by atoms with Crippen molar-refractivity contribution < 1.29 is 28.6 Å². The van der Waals surface area contributed by atoms with Crippen LogP contribution in [-0.4, -0.2) is 30.8 Å². The van der Waals surface area contributed by atoms with Gasteiger partial charge in [-0.15, -0.1) is 0 Å². The van der Waals surface area contributed by atoms with Crippen LogP contribution in [0, 0.1) is 5.82 Å². The molecule has 1 aromatic carbocycles. The van der Waals surface area contributed by atoms with E-state index in [1.54, 1.807) is 6.92 Å². The minimum Gasteiger partial charge on any atom is -0.493 e. The van der Waals surface area contributed by atoms with Crippen molar-refractivity contribution in [2.45, 2.75) is 6.92 Å². The second-order valence-electron chi connectivity index (χ2n) is 3.03. The summed E-state index contributed by atoms with van der Waals surface area (Å²) in [6.07, 6.45) is 0. The van der Waals surface area contributed by atoms with E-state index in [-0.39, 0.29) is 12.2 Å². The van der Waals surface area contributed by atoms with Crippen LogP contribution in [0.4, 0.5) is 4.39 Å². The second kappa shape index (κ2) is 5.29. The van der Waals surface area contributed by atoms with E-state index in [2.05, 4.69) is 9.47 Å². The molecule has 0 saturated heterocycles. The Bertz CT molecular complexity index is 455. The Hall–Kier alpha value is -2.11. The number of carboxylic acids is 1. The van der Waals surface area contributed by atoms with E-state index in [0.717, 1.165) is 19.2 Å². The van der Waals surface area contributed by atoms with Gasteiger partial charge in [-0.3, -0.25) is 0 Å². The molecule has 6 heteroatoms. The minimum atomic E-state index is -1.45. The number of methoxy groups -OCH3 is 1. The van der Waals surface area contributed by atoms with Crippen LogP contribution >= 0.6 is 0 Å². The Kier molecular flexibility index (Phi) is 4.03. The van der Waals surface area contributed by atoms with Gasteiger partial charge in [0.15, 0.2) is 11.6 Å². The molecule has 0 amide bonds. The molecule has 17 heavy (non-hydrogen) atoms. The van der Waals surface area contributed by atoms with Gasteiger partial charge in [-0.2, -0.15) is 0 Å². The summed E-state index contributed by atoms with van der Waals surface area (Å²) in [5, 5.41) is 8.96. The number of benzene rings is 1. The smallest absolute Gasteiger partial charge is 0.340 e. The molecule has 0 aliphatic carbocycles. The molecule has 1 aromatic rings. The second-order valence-corrected chi connectivity index (χ2v) is 3.03. The molecule has 0 unspecified atom stereocenters. The van der Waals surface area contributed by atoms with Gasteiger partial charge in [-0.05, 0) is 19.1 Å². The van der Waals surface area contributed by atoms with Crippen molar-refractivity contribution in [2.75, 3.05) is 13.7 Å². The Morgan fingerprint density at radius 2 is 2.06 bits per heavy atom. The zero-order chi connectivity index (χ0) is 13.0. The van der Waals surface area contributed by atoms with Crippen LogP contribution in [0.25, 0.3) is 0 Å². The van der Waals surface area contributed by atoms with Crippen LogP contribution in [0.3, 0.4) is 0 Å². The van der Waals surface area contributed by atoms with Gasteiger partial charge in [0.05, 0.1) is 19.3 Å². The van der Waals surface area contributed by atoms with Crippen LogP contribution in [0.15, 0.2) is 12.1 Å². The lowest BCUT2D eigenvalue weighted by atomic mass is 10.1. The number of ether oxygens (including phenoxy) is 2. The van der Waals surface area contributed by atoms with Gasteiger partial charge < -0.3 is 14.6 Å². The molecule has 0 aliphatic rings. The number of aromatic carboxylic acids is 1. The largest absolute Gasteiger partial charge is 0.493 e. The number of rotatable bonds is 4. The van der Waals surface area contributed by atoms with Crippen molar-refractivity contribution in [3.05, 3.63) is 29.1 Å². The quantitative estimate of drug-likeness (QED) is 0.813. The van der Waals surface area contributed by atoms with E-state index in [1.165, 1.54) is 0 Å². The number of carboxylic acid groups (broad SMARTS) is 1. The van der Waals surface area contributed by atoms with Gasteiger partial charge in [-0.1, -0.05) is 0 Å². The molecular formula is C11H11FO5. The fraction of sp³-hybridized carbons (Fsp3) is 0.273. The molecule has 0 aromatic heterocycles. The highest BCUT2D eigenvalue weighted by atomic mass is 19.1. The lowest BCUT2D eigenvalue weighted by molar-refractivity contribution is 0.0513. The van der Waals surface area contributed by atoms with Crippen LogP contribution in [0.2, 0.25) is 0 Å². The van der Waals surface area contributed by atoms with Crippen LogP contribution in [0.5, 0.6) is 5.75 Å². The third-order valence-corrected chi connectivity index (χ3v) is 2.02. The van der Waals surface area contributed by atoms with Gasteiger partial charge in [0.1, 0.15) is 5.56 Å². The number of hydrogen-bond donors (Lipinski definition) is 1. The summed E-state index contributed by atoms with van der Waals surface area (Å²) >= 11 is 0. The number of hydrogen-bond acceptors (Lipinski definition) is 4. The predicted molar refractivity (Wildman–Crippen MR) is 55.9 cm³/mol. The SMILES string of the molecule is CCOC(=O)c1ccc(F)c(OC)c1C(=O)O. The molecule has 0 radical (unpaired) electrons. The topological polar surface area (TPSA) is 72.8 Å². The lowest BCUT2D eigenvalue weighted by Gasteiger charge is -2.10. The molecule has 92 valence electrons. The number of halogens is 1. The van der Waals surface area contributed by atoms with Gasteiger partial charge in [-0.25, -0.2) is 14.0 Å². The van der Waals surface area contributed by atoms with Gasteiger partial charge in [0, 0.05) is 0 Å². The first kappa shape index (κ1) is 13.0. The summed E-state index contributed by atoms with van der Waals surface area (Å²) in [6, 6.07) is 2.01. The van der Waals surface area contributed by atoms with Crippen molar-refractivity contribution in [3.8, 4) is 5.75 Å². The van der Waals surface area contributed by atoms with Gasteiger partial charge in [0.25, 0.3) is 0 Å². The number of esters is 1. The molecule has 0 fully saturated rings. The summed E-state index contributed by atoms with van der Waals surface area (Å²) in [7, 11) is 1.12. The average Bonchev–Trinajstić information content (AvgIpc) is 2.28. The monoisotopic (exact) mass is 242 g/mol. The first-order chi connectivity index (χ1) is 8.02. The molecule has 1 rings (SSSR count). The molecule has 0 heterocycles. The predicted octanol–water partition coefficient (Wildman–Crippen LogP) is 1.71. The van der Waals surface area contributed by atoms with Crippen molar-refractivity contribution in [2.24, 2.45) is 0 Å². The van der Waals surface area contributed by atoms with Gasteiger partial charge in [0.2, 0.25) is 0 Å². The first-order valence-electron chi connectivity index (χ1n) is 4.79. The standard InChI is InChI=1S/C11H11FO5/c1-3-17-11(15)6-4-5-7(12)9(16-2)8(6)10(13)14/h4-5H,3H2,1-2H3,(H,13,14). The third-order valence-electron chi connectivity index (χ3n) is 2.02. The zero-order valence-corrected chi connectivity index (χ0v) is 9.32. The number of carbonyl (C=O) groups is 2. The molecule has 1 N–H and O–H groups in total. The molecular weight excluding hydrogens is 231 g/mol. The number of carbonyl (C=O) groups excluding carboxylic acids is 1. The fourth-order valence-electron chi connectivity index (χ4n) is 1.35. The molecule has 0 spiro atoms. The van der Waals surface area contributed by atoms with Crippen molar-refractivity contribution in [1.82, 2.24) is 0 Å². The maximum absolute atomic E-state index is 13.3. The summed E-state index contributed by atoms with van der Waals surface area (Å²) in [6.45, 7) is 1.68.